The second-order valence-electron chi connectivity index (χ2n) is 4.84. The number of hydrogen-bond donors (Lipinski definition) is 2. The van der Waals surface area contributed by atoms with Gasteiger partial charge in [-0.15, -0.1) is 0 Å². The minimum absolute atomic E-state index is 0.364. The van der Waals surface area contributed by atoms with Gasteiger partial charge in [0, 0.05) is 23.1 Å². The van der Waals surface area contributed by atoms with Gasteiger partial charge in [0.15, 0.2) is 0 Å². The van der Waals surface area contributed by atoms with Gasteiger partial charge in [-0.1, -0.05) is 23.2 Å². The Kier molecular flexibility index (Phi) is 5.14. The Balaban J connectivity index is 2.07. The first kappa shape index (κ1) is 15.9. The summed E-state index contributed by atoms with van der Waals surface area (Å²) in [4.78, 5) is 0. The van der Waals surface area contributed by atoms with Crippen molar-refractivity contribution in [2.24, 2.45) is 11.7 Å². The molecule has 1 saturated heterocycles. The molecule has 0 radical (unpaired) electrons. The average Bonchev–Trinajstić information content (AvgIpc) is 2.37. The van der Waals surface area contributed by atoms with Crippen molar-refractivity contribution < 1.29 is 8.42 Å². The number of nitrogens with zero attached hydrogens (tertiary/aromatic N) is 1. The van der Waals surface area contributed by atoms with E-state index in [0.717, 1.165) is 12.8 Å². The predicted molar refractivity (Wildman–Crippen MR) is 82.4 cm³/mol. The Morgan fingerprint density at radius 3 is 2.25 bits per heavy atom. The van der Waals surface area contributed by atoms with E-state index >= 15 is 0 Å². The van der Waals surface area contributed by atoms with Crippen molar-refractivity contribution in [3.8, 4) is 0 Å². The van der Waals surface area contributed by atoms with Crippen LogP contribution in [0.15, 0.2) is 18.2 Å². The lowest BCUT2D eigenvalue weighted by atomic mass is 9.99. The molecule has 0 aliphatic carbocycles. The summed E-state index contributed by atoms with van der Waals surface area (Å²) < 4.78 is 28.5. The minimum atomic E-state index is -3.58. The monoisotopic (exact) mass is 337 g/mol. The van der Waals surface area contributed by atoms with Gasteiger partial charge >= 0.3 is 10.2 Å². The number of nitrogens with two attached hydrogens (primary N) is 1. The summed E-state index contributed by atoms with van der Waals surface area (Å²) in [6, 6.07) is 4.60. The van der Waals surface area contributed by atoms with Gasteiger partial charge in [-0.25, -0.2) is 0 Å². The molecule has 1 aromatic carbocycles. The fourth-order valence-corrected chi connectivity index (χ4v) is 3.97. The maximum Gasteiger partial charge on any atom is 0.301 e. The van der Waals surface area contributed by atoms with E-state index in [1.807, 2.05) is 0 Å². The van der Waals surface area contributed by atoms with Crippen LogP contribution in [0.1, 0.15) is 12.8 Å². The third kappa shape index (κ3) is 3.99. The molecule has 20 heavy (non-hydrogen) atoms. The highest BCUT2D eigenvalue weighted by molar-refractivity contribution is 7.90. The van der Waals surface area contributed by atoms with Crippen molar-refractivity contribution in [3.63, 3.8) is 0 Å². The summed E-state index contributed by atoms with van der Waals surface area (Å²) in [6.07, 6.45) is 1.57. The van der Waals surface area contributed by atoms with Crippen molar-refractivity contribution in [1.82, 2.24) is 4.31 Å². The highest BCUT2D eigenvalue weighted by atomic mass is 35.5. The molecular formula is C12H17Cl2N3O2S. The third-order valence-electron chi connectivity index (χ3n) is 3.36. The van der Waals surface area contributed by atoms with Crippen LogP contribution in [0.2, 0.25) is 10.0 Å². The Hall–Kier alpha value is -0.530. The minimum Gasteiger partial charge on any atom is -0.330 e. The van der Waals surface area contributed by atoms with Gasteiger partial charge < -0.3 is 5.73 Å². The Morgan fingerprint density at radius 1 is 1.20 bits per heavy atom. The second-order valence-corrected chi connectivity index (χ2v) is 7.39. The summed E-state index contributed by atoms with van der Waals surface area (Å²) in [6.45, 7) is 1.56. The number of nitrogens with one attached hydrogen (secondary N) is 1. The summed E-state index contributed by atoms with van der Waals surface area (Å²) in [5.41, 5.74) is 5.97. The first-order valence-corrected chi connectivity index (χ1v) is 8.54. The first-order valence-electron chi connectivity index (χ1n) is 6.35. The summed E-state index contributed by atoms with van der Waals surface area (Å²) in [5, 5.41) is 0.772. The highest BCUT2D eigenvalue weighted by Gasteiger charge is 2.27. The number of anilines is 1. The van der Waals surface area contributed by atoms with Crippen LogP contribution < -0.4 is 10.5 Å². The van der Waals surface area contributed by atoms with Gasteiger partial charge in [-0.05, 0) is 43.5 Å². The van der Waals surface area contributed by atoms with E-state index in [-0.39, 0.29) is 0 Å². The number of hydrogen-bond acceptors (Lipinski definition) is 3. The summed E-state index contributed by atoms with van der Waals surface area (Å²) in [5.74, 6) is 0.405. The number of rotatable bonds is 4. The van der Waals surface area contributed by atoms with E-state index in [2.05, 4.69) is 4.72 Å². The number of benzene rings is 1. The molecule has 8 heteroatoms. The normalized spacial score (nSPS) is 18.1. The number of halogens is 2. The largest absolute Gasteiger partial charge is 0.330 e. The zero-order valence-corrected chi connectivity index (χ0v) is 13.2. The average molecular weight is 338 g/mol. The van der Waals surface area contributed by atoms with Crippen LogP contribution in [0.4, 0.5) is 5.69 Å². The molecule has 1 heterocycles. The van der Waals surface area contributed by atoms with Gasteiger partial charge in [0.25, 0.3) is 0 Å². The van der Waals surface area contributed by atoms with Crippen molar-refractivity contribution >= 4 is 39.1 Å². The molecule has 0 bridgehead atoms. The van der Waals surface area contributed by atoms with E-state index in [4.69, 9.17) is 28.9 Å². The lowest BCUT2D eigenvalue weighted by Crippen LogP contribution is -2.42. The topological polar surface area (TPSA) is 75.4 Å². The predicted octanol–water partition coefficient (Wildman–Crippen LogP) is 2.32. The molecule has 0 spiro atoms. The smallest absolute Gasteiger partial charge is 0.301 e. The molecule has 5 nitrogen and oxygen atoms in total. The van der Waals surface area contributed by atoms with Crippen molar-refractivity contribution in [1.29, 1.82) is 0 Å². The lowest BCUT2D eigenvalue weighted by molar-refractivity contribution is 0.280. The van der Waals surface area contributed by atoms with Crippen LogP contribution in [-0.4, -0.2) is 32.4 Å². The molecule has 1 aliphatic heterocycles. The fourth-order valence-electron chi connectivity index (χ4n) is 2.21. The van der Waals surface area contributed by atoms with Crippen molar-refractivity contribution in [2.75, 3.05) is 24.4 Å². The van der Waals surface area contributed by atoms with Crippen LogP contribution in [0, 0.1) is 5.92 Å². The molecule has 1 aromatic rings. The van der Waals surface area contributed by atoms with Gasteiger partial charge in [-0.3, -0.25) is 4.72 Å². The zero-order valence-electron chi connectivity index (χ0n) is 10.9. The van der Waals surface area contributed by atoms with Crippen LogP contribution in [-0.2, 0) is 10.2 Å². The Labute approximate surface area is 129 Å². The molecule has 0 amide bonds. The molecule has 1 fully saturated rings. The molecule has 1 aliphatic rings. The van der Waals surface area contributed by atoms with Crippen molar-refractivity contribution in [2.45, 2.75) is 12.8 Å². The van der Waals surface area contributed by atoms with Crippen LogP contribution in [0.25, 0.3) is 0 Å². The Morgan fingerprint density at radius 2 is 1.75 bits per heavy atom. The summed E-state index contributed by atoms with van der Waals surface area (Å²) in [7, 11) is -3.58. The molecule has 2 rings (SSSR count). The molecule has 0 unspecified atom stereocenters. The fraction of sp³-hybridized carbons (Fsp3) is 0.500. The molecular weight excluding hydrogens is 321 g/mol. The molecule has 0 aromatic heterocycles. The van der Waals surface area contributed by atoms with E-state index in [1.165, 1.54) is 16.4 Å². The van der Waals surface area contributed by atoms with E-state index in [1.54, 1.807) is 6.07 Å². The van der Waals surface area contributed by atoms with E-state index in [9.17, 15) is 8.42 Å². The van der Waals surface area contributed by atoms with Gasteiger partial charge in [-0.2, -0.15) is 12.7 Å². The zero-order chi connectivity index (χ0) is 14.8. The van der Waals surface area contributed by atoms with Crippen LogP contribution in [0.5, 0.6) is 0 Å². The maximum atomic E-state index is 12.3. The van der Waals surface area contributed by atoms with Gasteiger partial charge in [0.1, 0.15) is 0 Å². The molecule has 0 atom stereocenters. The van der Waals surface area contributed by atoms with E-state index in [0.29, 0.717) is 41.3 Å². The van der Waals surface area contributed by atoms with Gasteiger partial charge in [0.05, 0.1) is 5.69 Å². The van der Waals surface area contributed by atoms with E-state index < -0.39 is 10.2 Å². The maximum absolute atomic E-state index is 12.3. The molecule has 0 saturated carbocycles. The SMILES string of the molecule is NCC1CCN(S(=O)(=O)Nc2cc(Cl)cc(Cl)c2)CC1. The Bertz CT molecular complexity index is 552. The first-order chi connectivity index (χ1) is 9.40. The standard InChI is InChI=1S/C12H17Cl2N3O2S/c13-10-5-11(14)7-12(6-10)16-20(18,19)17-3-1-9(8-15)2-4-17/h5-7,9,16H,1-4,8,15H2. The molecule has 112 valence electrons. The van der Waals surface area contributed by atoms with Crippen LogP contribution in [0.3, 0.4) is 0 Å². The second kappa shape index (κ2) is 6.49. The van der Waals surface area contributed by atoms with Gasteiger partial charge in [0.2, 0.25) is 0 Å². The van der Waals surface area contributed by atoms with Crippen LogP contribution >= 0.6 is 23.2 Å². The third-order valence-corrected chi connectivity index (χ3v) is 5.33. The summed E-state index contributed by atoms with van der Waals surface area (Å²) >= 11 is 11.7. The van der Waals surface area contributed by atoms with Crippen molar-refractivity contribution in [3.05, 3.63) is 28.2 Å². The molecule has 3 N–H and O–H groups in total. The lowest BCUT2D eigenvalue weighted by Gasteiger charge is -2.30. The number of piperidine rings is 1. The highest BCUT2D eigenvalue weighted by Crippen LogP contribution is 2.25. The quantitative estimate of drug-likeness (QED) is 0.885.